The van der Waals surface area contributed by atoms with E-state index in [0.717, 1.165) is 37.6 Å². The fourth-order valence-corrected chi connectivity index (χ4v) is 10.3. The quantitative estimate of drug-likeness (QED) is 0.0838. The van der Waals surface area contributed by atoms with Crippen molar-refractivity contribution in [1.29, 1.82) is 0 Å². The Kier molecular flexibility index (Phi) is 15.1. The van der Waals surface area contributed by atoms with Crippen LogP contribution in [0, 0.1) is 13.8 Å². The molecule has 22 heteroatoms. The number of amides is 1. The predicted molar refractivity (Wildman–Crippen MR) is 262 cm³/mol. The van der Waals surface area contributed by atoms with Gasteiger partial charge in [-0.25, -0.2) is 15.0 Å². The zero-order chi connectivity index (χ0) is 51.1. The van der Waals surface area contributed by atoms with E-state index in [1.807, 2.05) is 32.0 Å². The molecule has 0 radical (unpaired) electrons. The molecule has 2 aromatic heterocycles. The maximum Gasteiger partial charge on any atom is 0.267 e. The number of aliphatic hydroxyl groups excluding tert-OH is 2. The van der Waals surface area contributed by atoms with Crippen molar-refractivity contribution in [3.63, 3.8) is 0 Å². The molecule has 9 N–H and O–H groups in total. The minimum absolute atomic E-state index is 0.0147. The van der Waals surface area contributed by atoms with Gasteiger partial charge in [-0.2, -0.15) is 0 Å². The summed E-state index contributed by atoms with van der Waals surface area (Å²) in [7, 11) is 1.34. The maximum absolute atomic E-state index is 13.6. The Labute approximate surface area is 417 Å². The van der Waals surface area contributed by atoms with Crippen molar-refractivity contribution in [2.75, 3.05) is 62.0 Å². The third kappa shape index (κ3) is 10.3. The summed E-state index contributed by atoms with van der Waals surface area (Å²) in [6, 6.07) is 11.1. The van der Waals surface area contributed by atoms with Gasteiger partial charge in [-0.3, -0.25) is 24.1 Å². The second kappa shape index (κ2) is 20.9. The van der Waals surface area contributed by atoms with Crippen LogP contribution < -0.4 is 26.0 Å². The Morgan fingerprint density at radius 2 is 1.75 bits per heavy atom. The number of anilines is 4. The van der Waals surface area contributed by atoms with Crippen LogP contribution in [-0.4, -0.2) is 145 Å². The summed E-state index contributed by atoms with van der Waals surface area (Å²) in [6.45, 7) is 10.8. The van der Waals surface area contributed by atoms with Gasteiger partial charge in [-0.15, -0.1) is 0 Å². The van der Waals surface area contributed by atoms with E-state index in [2.05, 4.69) is 35.4 Å². The summed E-state index contributed by atoms with van der Waals surface area (Å²) < 4.78 is 17.1. The van der Waals surface area contributed by atoms with E-state index in [1.165, 1.54) is 49.8 Å². The molecule has 0 spiro atoms. The molecule has 2 aliphatic carbocycles. The van der Waals surface area contributed by atoms with Crippen LogP contribution >= 0.6 is 22.9 Å². The highest BCUT2D eigenvalue weighted by molar-refractivity contribution is 7.17. The fourth-order valence-electron chi connectivity index (χ4n) is 9.29. The normalized spacial score (nSPS) is 22.9. The van der Waals surface area contributed by atoms with Gasteiger partial charge in [-0.1, -0.05) is 47.2 Å². The van der Waals surface area contributed by atoms with Crippen molar-refractivity contribution < 1.29 is 58.9 Å². The lowest BCUT2D eigenvalue weighted by atomic mass is 9.72. The number of phenols is 2. The van der Waals surface area contributed by atoms with E-state index in [-0.39, 0.29) is 53.4 Å². The summed E-state index contributed by atoms with van der Waals surface area (Å²) in [5.74, 6) is -1.33. The van der Waals surface area contributed by atoms with Crippen molar-refractivity contribution in [1.82, 2.24) is 19.9 Å². The molecule has 0 unspecified atom stereocenters. The number of halogens is 1. The molecular weight excluding hydrogens is 960 g/mol. The van der Waals surface area contributed by atoms with Crippen molar-refractivity contribution in [3.8, 4) is 17.2 Å². The van der Waals surface area contributed by atoms with Crippen molar-refractivity contribution in [2.24, 2.45) is 5.73 Å². The average molecular weight is 1020 g/mol. The lowest BCUT2D eigenvalue weighted by Gasteiger charge is -2.42. The molecule has 376 valence electrons. The van der Waals surface area contributed by atoms with Gasteiger partial charge in [0.2, 0.25) is 5.78 Å². The molecule has 2 saturated heterocycles. The minimum Gasteiger partial charge on any atom is -0.507 e. The molecule has 2 aliphatic heterocycles. The summed E-state index contributed by atoms with van der Waals surface area (Å²) in [5.41, 5.74) is 4.46. The molecular formula is C49H55ClN8O12S. The van der Waals surface area contributed by atoms with Gasteiger partial charge < -0.3 is 61.0 Å². The number of carbonyl (C=O) groups excluding carboxylic acids is 4. The minimum atomic E-state index is -2.00. The highest BCUT2D eigenvalue weighted by atomic mass is 35.5. The summed E-state index contributed by atoms with van der Waals surface area (Å²) in [6.07, 6.45) is -3.00. The molecule has 2 fully saturated rings. The number of β-amino-alcohol motifs (C(OH)–C–C–N with tert-alkyl or cyclic N) is 1. The first-order valence-electron chi connectivity index (χ1n) is 22.9. The number of nitrogens with two attached hydrogens (primary N) is 1. The third-order valence-corrected chi connectivity index (χ3v) is 14.4. The Morgan fingerprint density at radius 3 is 2.42 bits per heavy atom. The molecule has 20 nitrogen and oxygen atoms in total. The monoisotopic (exact) mass is 1010 g/mol. The number of phenolic OH excluding ortho intramolecular Hbond substituents is 2. The van der Waals surface area contributed by atoms with Crippen LogP contribution in [0.2, 0.25) is 5.02 Å². The number of nitrogens with one attached hydrogen (secondary N) is 2. The number of hydrogen-bond donors (Lipinski definition) is 8. The second-order valence-electron chi connectivity index (χ2n) is 17.9. The molecule has 71 heavy (non-hydrogen) atoms. The SMILES string of the molecule is COc1cccc2c1C(=O)c1c(O)c3c(c(O)c1C2=O)C[C@@](O)(C(C)=O)C[C@@H]3O[C@H]1C[C@H](N)[C@H](O)[C@H](C)O1.Cc1nc(Nc2ncc(C(=O)Nc3c(C)cccc3Cl)s2)cc(N2CCN(CCO)CC2)n1. The van der Waals surface area contributed by atoms with Gasteiger partial charge in [0.25, 0.3) is 5.91 Å². The first-order chi connectivity index (χ1) is 33.8. The smallest absolute Gasteiger partial charge is 0.267 e. The fraction of sp³-hybridized carbons (Fsp3) is 0.408. The first kappa shape index (κ1) is 51.2. The first-order valence-corrected chi connectivity index (χ1v) is 24.1. The van der Waals surface area contributed by atoms with Crippen LogP contribution in [0.15, 0.2) is 48.7 Å². The van der Waals surface area contributed by atoms with Gasteiger partial charge in [0.1, 0.15) is 45.2 Å². The van der Waals surface area contributed by atoms with E-state index in [4.69, 9.17) is 36.7 Å². The maximum atomic E-state index is 13.6. The number of piperazine rings is 1. The number of ketones is 3. The number of fused-ring (bicyclic) bond motifs is 3. The van der Waals surface area contributed by atoms with Crippen LogP contribution in [0.1, 0.15) is 96.8 Å². The average Bonchev–Trinajstić information content (AvgIpc) is 3.80. The van der Waals surface area contributed by atoms with E-state index in [9.17, 15) is 39.6 Å². The number of hydrogen-bond acceptors (Lipinski definition) is 20. The number of aromatic nitrogens is 3. The topological polar surface area (TPSA) is 292 Å². The van der Waals surface area contributed by atoms with Crippen LogP contribution in [0.5, 0.6) is 17.2 Å². The number of para-hydroxylation sites is 1. The van der Waals surface area contributed by atoms with Crippen LogP contribution in [-0.2, 0) is 20.7 Å². The number of rotatable bonds is 11. The third-order valence-electron chi connectivity index (χ3n) is 13.2. The Hall–Kier alpha value is -6.14. The molecule has 0 bridgehead atoms. The van der Waals surface area contributed by atoms with Crippen molar-refractivity contribution in [2.45, 2.75) is 83.2 Å². The van der Waals surface area contributed by atoms with Gasteiger partial charge in [0, 0.05) is 80.8 Å². The Morgan fingerprint density at radius 1 is 1.03 bits per heavy atom. The number of aliphatic hydroxyl groups is 3. The highest BCUT2D eigenvalue weighted by Crippen LogP contribution is 2.52. The number of benzene rings is 3. The predicted octanol–water partition coefficient (Wildman–Crippen LogP) is 4.34. The largest absolute Gasteiger partial charge is 0.507 e. The summed E-state index contributed by atoms with van der Waals surface area (Å²) in [4.78, 5) is 70.6. The number of aromatic hydroxyl groups is 2. The highest BCUT2D eigenvalue weighted by Gasteiger charge is 2.49. The Bertz CT molecular complexity index is 2860. The van der Waals surface area contributed by atoms with Crippen LogP contribution in [0.25, 0.3) is 0 Å². The molecule has 1 amide bonds. The molecule has 3 aromatic carbocycles. The number of nitrogens with zero attached hydrogens (tertiary/aromatic N) is 5. The van der Waals surface area contributed by atoms with Crippen molar-refractivity contribution in [3.05, 3.63) is 103 Å². The van der Waals surface area contributed by atoms with E-state index >= 15 is 0 Å². The number of thiazole rings is 1. The van der Waals surface area contributed by atoms with Crippen LogP contribution in [0.3, 0.4) is 0 Å². The van der Waals surface area contributed by atoms with Gasteiger partial charge >= 0.3 is 0 Å². The molecule has 6 atom stereocenters. The standard InChI is InChI=1S/C27H29NO10.C22H26ClN7O2S/c1-10-22(30)14(28)7-17(37-10)38-16-9-27(35,11(2)29)8-13-19(16)26(34)21-20(24(13)32)23(31)12-5-4-6-15(36-3)18(12)25(21)33;1-14-4-3-5-16(23)20(14)28-21(32)17-13-24-22(33-17)27-18-12-19(26-15(2)25-18)30-8-6-29(7-9-30)10-11-31/h4-6,10,14,16-17,22,30,32,34-35H,7-9,28H2,1-3H3;3-5,12-13,31H,6-11H2,1-2H3,(H,28,32)(H,24,25,26,27)/t10-,14-,16-,17-,22+,27-;/m0./s1. The van der Waals surface area contributed by atoms with E-state index in [0.29, 0.717) is 38.9 Å². The summed E-state index contributed by atoms with van der Waals surface area (Å²) >= 11 is 7.46. The number of Topliss-reactive ketones (excluding diaryl/α,β-unsaturated/α-hetero) is 1. The van der Waals surface area contributed by atoms with E-state index in [1.54, 1.807) is 13.0 Å². The number of carbonyl (C=O) groups is 4. The summed E-state index contributed by atoms with van der Waals surface area (Å²) in [5, 5.41) is 60.4. The van der Waals surface area contributed by atoms with Gasteiger partial charge in [0.05, 0.1) is 65.6 Å². The van der Waals surface area contributed by atoms with E-state index < -0.39 is 82.6 Å². The van der Waals surface area contributed by atoms with Gasteiger partial charge in [-0.05, 0) is 45.4 Å². The zero-order valence-electron chi connectivity index (χ0n) is 39.6. The molecule has 4 aliphatic rings. The molecule has 5 aromatic rings. The number of methoxy groups -OCH3 is 1. The Balaban J connectivity index is 0.000000192. The lowest BCUT2D eigenvalue weighted by molar-refractivity contribution is -0.247. The second-order valence-corrected chi connectivity index (χ2v) is 19.3. The van der Waals surface area contributed by atoms with Gasteiger partial charge in [0.15, 0.2) is 23.0 Å². The molecule has 0 saturated carbocycles. The number of ether oxygens (including phenoxy) is 3. The number of aryl methyl sites for hydroxylation is 2. The van der Waals surface area contributed by atoms with Crippen LogP contribution in [0.4, 0.5) is 22.5 Å². The molecule has 4 heterocycles. The molecule has 9 rings (SSSR count). The van der Waals surface area contributed by atoms with Crippen molar-refractivity contribution >= 4 is 68.6 Å². The lowest BCUT2D eigenvalue weighted by Crippen LogP contribution is -2.52. The zero-order valence-corrected chi connectivity index (χ0v) is 41.1.